The second-order valence-corrected chi connectivity index (χ2v) is 3.41. The number of carbonyl (C=O) groups is 1. The standard InChI is InChI=1S/C8H13ClN4O2/c1-5-6(8(9)13(2)12-5)3-11-15-4-7(10)14/h11H,3-4H2,1-2H3,(H2,10,14). The van der Waals surface area contributed by atoms with Crippen LogP contribution in [0.25, 0.3) is 0 Å². The molecule has 1 amide bonds. The number of amides is 1. The van der Waals surface area contributed by atoms with Crippen LogP contribution in [-0.2, 0) is 23.2 Å². The van der Waals surface area contributed by atoms with Crippen LogP contribution in [-0.4, -0.2) is 22.3 Å². The number of carbonyl (C=O) groups excluding carboxylic acids is 1. The van der Waals surface area contributed by atoms with Crippen LogP contribution in [0.5, 0.6) is 0 Å². The lowest BCUT2D eigenvalue weighted by Crippen LogP contribution is -2.24. The summed E-state index contributed by atoms with van der Waals surface area (Å²) in [6, 6.07) is 0. The van der Waals surface area contributed by atoms with Crippen LogP contribution in [0.1, 0.15) is 11.3 Å². The van der Waals surface area contributed by atoms with Gasteiger partial charge in [0.05, 0.1) is 12.2 Å². The van der Waals surface area contributed by atoms with Crippen molar-refractivity contribution in [2.45, 2.75) is 13.5 Å². The number of rotatable bonds is 5. The highest BCUT2D eigenvalue weighted by molar-refractivity contribution is 6.30. The molecule has 1 aromatic heterocycles. The Balaban J connectivity index is 2.47. The molecular weight excluding hydrogens is 220 g/mol. The van der Waals surface area contributed by atoms with E-state index in [1.54, 1.807) is 11.7 Å². The van der Waals surface area contributed by atoms with Crippen LogP contribution in [0.4, 0.5) is 0 Å². The summed E-state index contributed by atoms with van der Waals surface area (Å²) in [6.45, 7) is 2.06. The fraction of sp³-hybridized carbons (Fsp3) is 0.500. The average Bonchev–Trinajstić information content (AvgIpc) is 2.37. The SMILES string of the molecule is Cc1nn(C)c(Cl)c1CNOCC(N)=O. The summed E-state index contributed by atoms with van der Waals surface area (Å²) in [6.07, 6.45) is 0. The molecule has 0 saturated carbocycles. The third-order valence-corrected chi connectivity index (χ3v) is 2.31. The smallest absolute Gasteiger partial charge is 0.245 e. The minimum atomic E-state index is -0.531. The van der Waals surface area contributed by atoms with Crippen molar-refractivity contribution in [2.75, 3.05) is 6.61 Å². The summed E-state index contributed by atoms with van der Waals surface area (Å²) < 4.78 is 1.57. The molecule has 3 N–H and O–H groups in total. The van der Waals surface area contributed by atoms with Gasteiger partial charge in [0.25, 0.3) is 0 Å². The Bertz CT molecular complexity index is 364. The van der Waals surface area contributed by atoms with Gasteiger partial charge in [0, 0.05) is 12.6 Å². The number of aryl methyl sites for hydroxylation is 2. The maximum Gasteiger partial charge on any atom is 0.245 e. The second-order valence-electron chi connectivity index (χ2n) is 3.05. The molecule has 84 valence electrons. The Morgan fingerprint density at radius 2 is 2.40 bits per heavy atom. The molecule has 0 aromatic carbocycles. The Kier molecular flexibility index (Phi) is 4.07. The molecule has 0 unspecified atom stereocenters. The molecule has 0 aliphatic heterocycles. The normalized spacial score (nSPS) is 10.6. The highest BCUT2D eigenvalue weighted by atomic mass is 35.5. The van der Waals surface area contributed by atoms with Crippen molar-refractivity contribution < 1.29 is 9.63 Å². The van der Waals surface area contributed by atoms with Crippen LogP contribution >= 0.6 is 11.6 Å². The molecule has 7 heteroatoms. The molecule has 0 atom stereocenters. The average molecular weight is 233 g/mol. The zero-order chi connectivity index (χ0) is 11.4. The Hall–Kier alpha value is -1.11. The van der Waals surface area contributed by atoms with Crippen molar-refractivity contribution in [3.05, 3.63) is 16.4 Å². The van der Waals surface area contributed by atoms with Gasteiger partial charge in [-0.25, -0.2) is 0 Å². The van der Waals surface area contributed by atoms with E-state index in [0.717, 1.165) is 11.3 Å². The van der Waals surface area contributed by atoms with Crippen LogP contribution in [0.2, 0.25) is 5.15 Å². The van der Waals surface area contributed by atoms with Gasteiger partial charge in [-0.15, -0.1) is 0 Å². The van der Waals surface area contributed by atoms with E-state index in [9.17, 15) is 4.79 Å². The lowest BCUT2D eigenvalue weighted by molar-refractivity contribution is -0.125. The maximum atomic E-state index is 10.4. The van der Waals surface area contributed by atoms with E-state index >= 15 is 0 Å². The van der Waals surface area contributed by atoms with E-state index in [1.165, 1.54) is 0 Å². The van der Waals surface area contributed by atoms with E-state index in [2.05, 4.69) is 10.6 Å². The largest absolute Gasteiger partial charge is 0.368 e. The number of aromatic nitrogens is 2. The summed E-state index contributed by atoms with van der Waals surface area (Å²) in [4.78, 5) is 15.2. The van der Waals surface area contributed by atoms with Gasteiger partial charge in [-0.1, -0.05) is 11.6 Å². The van der Waals surface area contributed by atoms with Gasteiger partial charge in [0.2, 0.25) is 5.91 Å². The number of nitrogens with one attached hydrogen (secondary N) is 1. The van der Waals surface area contributed by atoms with Gasteiger partial charge < -0.3 is 5.73 Å². The monoisotopic (exact) mass is 232 g/mol. The predicted molar refractivity (Wildman–Crippen MR) is 54.9 cm³/mol. The molecule has 1 heterocycles. The Morgan fingerprint density at radius 3 is 2.87 bits per heavy atom. The van der Waals surface area contributed by atoms with Gasteiger partial charge in [-0.2, -0.15) is 10.6 Å². The van der Waals surface area contributed by atoms with E-state index in [1.807, 2.05) is 6.92 Å². The van der Waals surface area contributed by atoms with Gasteiger partial charge in [-0.05, 0) is 6.92 Å². The van der Waals surface area contributed by atoms with Crippen molar-refractivity contribution in [1.82, 2.24) is 15.3 Å². The van der Waals surface area contributed by atoms with Gasteiger partial charge in [0.1, 0.15) is 11.8 Å². The summed E-state index contributed by atoms with van der Waals surface area (Å²) in [5.41, 5.74) is 9.13. The molecule has 1 rings (SSSR count). The predicted octanol–water partition coefficient (Wildman–Crippen LogP) is -0.112. The quantitative estimate of drug-likeness (QED) is 0.548. The van der Waals surface area contributed by atoms with Crippen molar-refractivity contribution in [1.29, 1.82) is 0 Å². The number of nitrogens with two attached hydrogens (primary N) is 1. The zero-order valence-electron chi connectivity index (χ0n) is 8.58. The first-order valence-electron chi connectivity index (χ1n) is 4.33. The molecule has 6 nitrogen and oxygen atoms in total. The fourth-order valence-corrected chi connectivity index (χ4v) is 1.36. The first-order valence-corrected chi connectivity index (χ1v) is 4.71. The minimum Gasteiger partial charge on any atom is -0.368 e. The van der Waals surface area contributed by atoms with Crippen LogP contribution in [0.15, 0.2) is 0 Å². The molecule has 15 heavy (non-hydrogen) atoms. The first-order chi connectivity index (χ1) is 7.02. The van der Waals surface area contributed by atoms with E-state index < -0.39 is 5.91 Å². The lowest BCUT2D eigenvalue weighted by atomic mass is 10.3. The van der Waals surface area contributed by atoms with Gasteiger partial charge in [-0.3, -0.25) is 14.3 Å². The summed E-state index contributed by atoms with van der Waals surface area (Å²) in [5, 5.41) is 4.67. The van der Waals surface area contributed by atoms with Gasteiger partial charge in [0.15, 0.2) is 0 Å². The molecule has 0 aliphatic carbocycles. The minimum absolute atomic E-state index is 0.170. The van der Waals surface area contributed by atoms with Crippen molar-refractivity contribution in [3.63, 3.8) is 0 Å². The van der Waals surface area contributed by atoms with E-state index in [4.69, 9.17) is 22.2 Å². The summed E-state index contributed by atoms with van der Waals surface area (Å²) in [7, 11) is 1.75. The third-order valence-electron chi connectivity index (χ3n) is 1.84. The van der Waals surface area contributed by atoms with E-state index in [-0.39, 0.29) is 6.61 Å². The highest BCUT2D eigenvalue weighted by Crippen LogP contribution is 2.17. The number of hydrogen-bond donors (Lipinski definition) is 2. The number of primary amides is 1. The second kappa shape index (κ2) is 5.11. The number of halogens is 1. The molecule has 0 spiro atoms. The fourth-order valence-electron chi connectivity index (χ4n) is 1.12. The van der Waals surface area contributed by atoms with Crippen molar-refractivity contribution in [3.8, 4) is 0 Å². The molecule has 0 saturated heterocycles. The molecule has 0 aliphatic rings. The zero-order valence-corrected chi connectivity index (χ0v) is 9.34. The highest BCUT2D eigenvalue weighted by Gasteiger charge is 2.10. The summed E-state index contributed by atoms with van der Waals surface area (Å²) in [5.74, 6) is -0.531. The number of hydroxylamine groups is 1. The van der Waals surface area contributed by atoms with Crippen LogP contribution in [0, 0.1) is 6.92 Å². The lowest BCUT2D eigenvalue weighted by Gasteiger charge is -2.03. The molecule has 1 aromatic rings. The van der Waals surface area contributed by atoms with Crippen LogP contribution in [0.3, 0.4) is 0 Å². The van der Waals surface area contributed by atoms with Crippen LogP contribution < -0.4 is 11.2 Å². The third kappa shape index (κ3) is 3.19. The van der Waals surface area contributed by atoms with Crippen molar-refractivity contribution >= 4 is 17.5 Å². The van der Waals surface area contributed by atoms with Gasteiger partial charge >= 0.3 is 0 Å². The number of nitrogens with zero attached hydrogens (tertiary/aromatic N) is 2. The number of hydrogen-bond acceptors (Lipinski definition) is 4. The first kappa shape index (κ1) is 12.0. The topological polar surface area (TPSA) is 82.2 Å². The Labute approximate surface area is 92.3 Å². The Morgan fingerprint density at radius 1 is 1.73 bits per heavy atom. The molecular formula is C8H13ClN4O2. The molecule has 0 bridgehead atoms. The summed E-state index contributed by atoms with van der Waals surface area (Å²) >= 11 is 5.97. The molecule has 0 fully saturated rings. The van der Waals surface area contributed by atoms with Crippen molar-refractivity contribution in [2.24, 2.45) is 12.8 Å². The van der Waals surface area contributed by atoms with E-state index in [0.29, 0.717) is 11.7 Å². The maximum absolute atomic E-state index is 10.4. The molecule has 0 radical (unpaired) electrons.